The number of halogens is 2. The highest BCUT2D eigenvalue weighted by Crippen LogP contribution is 2.36. The van der Waals surface area contributed by atoms with Gasteiger partial charge in [0, 0.05) is 12.4 Å². The van der Waals surface area contributed by atoms with Crippen LogP contribution < -0.4 is 4.90 Å². The molecule has 2 aromatic heterocycles. The molecule has 0 radical (unpaired) electrons. The van der Waals surface area contributed by atoms with Crippen LogP contribution in [0.1, 0.15) is 16.7 Å². The molecule has 0 spiro atoms. The third-order valence-electron chi connectivity index (χ3n) is 4.55. The molecule has 29 heavy (non-hydrogen) atoms. The van der Waals surface area contributed by atoms with Gasteiger partial charge in [0.25, 0.3) is 0 Å². The van der Waals surface area contributed by atoms with E-state index in [4.69, 9.17) is 16.6 Å². The number of amides is 1. The van der Waals surface area contributed by atoms with E-state index in [-0.39, 0.29) is 18.1 Å². The summed E-state index contributed by atoms with van der Waals surface area (Å²) in [5.41, 5.74) is 3.42. The van der Waals surface area contributed by atoms with Gasteiger partial charge in [-0.3, -0.25) is 14.7 Å². The summed E-state index contributed by atoms with van der Waals surface area (Å²) in [5.74, 6) is -0.460. The van der Waals surface area contributed by atoms with Crippen molar-refractivity contribution in [3.05, 3.63) is 88.5 Å². The minimum atomic E-state index is -0.329. The molecular weight excluding hydrogens is 409 g/mol. The van der Waals surface area contributed by atoms with Crippen LogP contribution in [0.3, 0.4) is 0 Å². The smallest absolute Gasteiger partial charge is 0.233 e. The molecule has 4 nitrogen and oxygen atoms in total. The number of fused-ring (bicyclic) bond motifs is 1. The minimum Gasteiger partial charge on any atom is -0.283 e. The summed E-state index contributed by atoms with van der Waals surface area (Å²) >= 11 is 7.74. The lowest BCUT2D eigenvalue weighted by Crippen LogP contribution is -2.31. The van der Waals surface area contributed by atoms with Crippen LogP contribution in [0.15, 0.2) is 60.9 Å². The van der Waals surface area contributed by atoms with E-state index in [1.807, 2.05) is 31.2 Å². The second-order valence-electron chi connectivity index (χ2n) is 6.68. The van der Waals surface area contributed by atoms with Gasteiger partial charge in [-0.2, -0.15) is 0 Å². The molecule has 0 saturated heterocycles. The van der Waals surface area contributed by atoms with Gasteiger partial charge in [-0.15, -0.1) is 0 Å². The normalized spacial score (nSPS) is 11.0. The summed E-state index contributed by atoms with van der Waals surface area (Å²) in [4.78, 5) is 23.7. The van der Waals surface area contributed by atoms with E-state index < -0.39 is 0 Å². The zero-order chi connectivity index (χ0) is 20.4. The maximum atomic E-state index is 13.2. The first-order valence-corrected chi connectivity index (χ1v) is 10.2. The number of rotatable bonds is 5. The average Bonchev–Trinajstić information content (AvgIpc) is 3.18. The first-order valence-electron chi connectivity index (χ1n) is 9.00. The number of carbonyl (C=O) groups excluding carboxylic acids is 1. The number of hydrogen-bond acceptors (Lipinski definition) is 4. The number of hydrogen-bond donors (Lipinski definition) is 0. The van der Waals surface area contributed by atoms with E-state index in [2.05, 4.69) is 4.98 Å². The highest BCUT2D eigenvalue weighted by atomic mass is 35.5. The fraction of sp³-hybridized carbons (Fsp3) is 0.136. The molecular formula is C22H17ClFN3OS. The molecule has 0 atom stereocenters. The third-order valence-corrected chi connectivity index (χ3v) is 6.09. The molecule has 0 aliphatic carbocycles. The quantitative estimate of drug-likeness (QED) is 0.420. The fourth-order valence-electron chi connectivity index (χ4n) is 3.02. The summed E-state index contributed by atoms with van der Waals surface area (Å²) in [6.45, 7) is 2.30. The molecule has 0 aliphatic heterocycles. The average molecular weight is 426 g/mol. The molecule has 146 valence electrons. The Bertz CT molecular complexity index is 1120. The fourth-order valence-corrected chi connectivity index (χ4v) is 4.35. The Hall–Kier alpha value is -2.83. The minimum absolute atomic E-state index is 0.131. The lowest BCUT2D eigenvalue weighted by atomic mass is 10.1. The van der Waals surface area contributed by atoms with Crippen molar-refractivity contribution in [1.82, 2.24) is 9.97 Å². The van der Waals surface area contributed by atoms with Gasteiger partial charge in [0.05, 0.1) is 28.2 Å². The number of nitrogens with zero attached hydrogens (tertiary/aromatic N) is 3. The molecule has 0 saturated carbocycles. The number of carbonyl (C=O) groups is 1. The van der Waals surface area contributed by atoms with Crippen LogP contribution in [-0.2, 0) is 17.8 Å². The van der Waals surface area contributed by atoms with Gasteiger partial charge in [0.2, 0.25) is 5.91 Å². The van der Waals surface area contributed by atoms with Crippen molar-refractivity contribution in [1.29, 1.82) is 0 Å². The molecule has 2 aromatic carbocycles. The van der Waals surface area contributed by atoms with Crippen molar-refractivity contribution in [3.63, 3.8) is 0 Å². The largest absolute Gasteiger partial charge is 0.283 e. The van der Waals surface area contributed by atoms with Crippen molar-refractivity contribution in [2.24, 2.45) is 0 Å². The number of aryl methyl sites for hydroxylation is 1. The number of aromatic nitrogens is 2. The van der Waals surface area contributed by atoms with Crippen molar-refractivity contribution < 1.29 is 9.18 Å². The molecule has 4 rings (SSSR count). The Morgan fingerprint density at radius 2 is 1.93 bits per heavy atom. The van der Waals surface area contributed by atoms with Gasteiger partial charge in [-0.1, -0.05) is 47.2 Å². The zero-order valence-electron chi connectivity index (χ0n) is 15.6. The van der Waals surface area contributed by atoms with Gasteiger partial charge in [-0.05, 0) is 47.9 Å². The molecule has 1 amide bonds. The van der Waals surface area contributed by atoms with Gasteiger partial charge in [0.1, 0.15) is 5.82 Å². The molecule has 0 bridgehead atoms. The number of anilines is 1. The SMILES string of the molecule is Cc1ccc(Cl)c2sc(N(Cc3cccnc3)C(=O)Cc3ccc(F)cc3)nc12. The number of thiazole rings is 1. The molecule has 7 heteroatoms. The topological polar surface area (TPSA) is 46.1 Å². The number of benzene rings is 2. The molecule has 0 unspecified atom stereocenters. The standard InChI is InChI=1S/C22H17ClFN3OS/c1-14-4-9-18(23)21-20(14)26-22(29-21)27(13-16-3-2-10-25-12-16)19(28)11-15-5-7-17(24)8-6-15/h2-10,12H,11,13H2,1H3. The first kappa shape index (κ1) is 19.5. The van der Waals surface area contributed by atoms with Gasteiger partial charge in [-0.25, -0.2) is 9.37 Å². The van der Waals surface area contributed by atoms with E-state index in [1.54, 1.807) is 29.4 Å². The number of pyridine rings is 1. The Kier molecular flexibility index (Phi) is 5.56. The van der Waals surface area contributed by atoms with Crippen molar-refractivity contribution in [2.45, 2.75) is 19.9 Å². The molecule has 0 N–H and O–H groups in total. The van der Waals surface area contributed by atoms with Crippen LogP contribution in [0.25, 0.3) is 10.2 Å². The summed E-state index contributed by atoms with van der Waals surface area (Å²) in [7, 11) is 0. The third kappa shape index (κ3) is 4.28. The Labute approximate surface area is 176 Å². The lowest BCUT2D eigenvalue weighted by Gasteiger charge is -2.20. The van der Waals surface area contributed by atoms with E-state index in [9.17, 15) is 9.18 Å². The van der Waals surface area contributed by atoms with Crippen molar-refractivity contribution in [2.75, 3.05) is 4.90 Å². The van der Waals surface area contributed by atoms with Gasteiger partial charge >= 0.3 is 0 Å². The lowest BCUT2D eigenvalue weighted by molar-refractivity contribution is -0.118. The Balaban J connectivity index is 1.72. The van der Waals surface area contributed by atoms with E-state index in [1.165, 1.54) is 23.5 Å². The zero-order valence-corrected chi connectivity index (χ0v) is 17.2. The molecule has 2 heterocycles. The molecule has 0 aliphatic rings. The van der Waals surface area contributed by atoms with Crippen molar-refractivity contribution in [3.8, 4) is 0 Å². The van der Waals surface area contributed by atoms with E-state index >= 15 is 0 Å². The predicted molar refractivity (Wildman–Crippen MR) is 115 cm³/mol. The summed E-state index contributed by atoms with van der Waals surface area (Å²) < 4.78 is 14.1. The van der Waals surface area contributed by atoms with Crippen LogP contribution in [-0.4, -0.2) is 15.9 Å². The summed E-state index contributed by atoms with van der Waals surface area (Å²) in [6, 6.07) is 13.5. The maximum absolute atomic E-state index is 13.2. The van der Waals surface area contributed by atoms with Crippen LogP contribution in [0.4, 0.5) is 9.52 Å². The highest BCUT2D eigenvalue weighted by molar-refractivity contribution is 7.23. The molecule has 4 aromatic rings. The van der Waals surface area contributed by atoms with Crippen LogP contribution in [0.2, 0.25) is 5.02 Å². The van der Waals surface area contributed by atoms with Crippen LogP contribution >= 0.6 is 22.9 Å². The Morgan fingerprint density at radius 3 is 2.62 bits per heavy atom. The molecule has 0 fully saturated rings. The summed E-state index contributed by atoms with van der Waals surface area (Å²) in [5, 5.41) is 1.19. The van der Waals surface area contributed by atoms with Crippen molar-refractivity contribution >= 4 is 44.2 Å². The van der Waals surface area contributed by atoms with Gasteiger partial charge in [0.15, 0.2) is 5.13 Å². The van der Waals surface area contributed by atoms with E-state index in [0.717, 1.165) is 26.9 Å². The monoisotopic (exact) mass is 425 g/mol. The highest BCUT2D eigenvalue weighted by Gasteiger charge is 2.22. The van der Waals surface area contributed by atoms with E-state index in [0.29, 0.717) is 16.7 Å². The summed E-state index contributed by atoms with van der Waals surface area (Å²) in [6.07, 6.45) is 3.56. The first-order chi connectivity index (χ1) is 14.0. The second-order valence-corrected chi connectivity index (χ2v) is 8.07. The maximum Gasteiger partial charge on any atom is 0.233 e. The Morgan fingerprint density at radius 1 is 1.14 bits per heavy atom. The second kappa shape index (κ2) is 8.27. The predicted octanol–water partition coefficient (Wildman–Crippen LogP) is 5.57. The van der Waals surface area contributed by atoms with Crippen LogP contribution in [0.5, 0.6) is 0 Å². The van der Waals surface area contributed by atoms with Crippen LogP contribution in [0, 0.1) is 12.7 Å². The van der Waals surface area contributed by atoms with Gasteiger partial charge < -0.3 is 0 Å².